The Morgan fingerprint density at radius 2 is 1.89 bits per heavy atom. The molecule has 0 bridgehead atoms. The molecule has 3 heteroatoms. The molecule has 98 valence electrons. The summed E-state index contributed by atoms with van der Waals surface area (Å²) in [6.07, 6.45) is 2.62. The van der Waals surface area contributed by atoms with Crippen molar-refractivity contribution in [3.05, 3.63) is 58.1 Å². The molecule has 2 aromatic carbocycles. The second-order valence-corrected chi connectivity index (χ2v) is 5.82. The Bertz CT molecular complexity index is 591. The lowest BCUT2D eigenvalue weighted by Crippen LogP contribution is -2.15. The highest BCUT2D eigenvalue weighted by molar-refractivity contribution is 6.36. The van der Waals surface area contributed by atoms with Crippen molar-refractivity contribution in [3.8, 4) is 11.1 Å². The van der Waals surface area contributed by atoms with Crippen molar-refractivity contribution < 1.29 is 0 Å². The summed E-state index contributed by atoms with van der Waals surface area (Å²) in [6.45, 7) is 0.920. The van der Waals surface area contributed by atoms with E-state index in [1.165, 1.54) is 18.4 Å². The Kier molecular flexibility index (Phi) is 3.79. The fourth-order valence-corrected chi connectivity index (χ4v) is 2.64. The van der Waals surface area contributed by atoms with E-state index in [0.717, 1.165) is 23.7 Å². The van der Waals surface area contributed by atoms with Gasteiger partial charge < -0.3 is 5.32 Å². The van der Waals surface area contributed by atoms with Crippen LogP contribution in [0.1, 0.15) is 18.4 Å². The van der Waals surface area contributed by atoms with Gasteiger partial charge in [0.25, 0.3) is 0 Å². The van der Waals surface area contributed by atoms with Gasteiger partial charge in [0.1, 0.15) is 0 Å². The first kappa shape index (κ1) is 13.0. The summed E-state index contributed by atoms with van der Waals surface area (Å²) in [6, 6.07) is 14.8. The van der Waals surface area contributed by atoms with E-state index in [0.29, 0.717) is 10.0 Å². The van der Waals surface area contributed by atoms with Crippen LogP contribution in [-0.4, -0.2) is 6.04 Å². The lowest BCUT2D eigenvalue weighted by molar-refractivity contribution is 0.688. The largest absolute Gasteiger partial charge is 0.310 e. The Morgan fingerprint density at radius 1 is 1.05 bits per heavy atom. The van der Waals surface area contributed by atoms with Crippen molar-refractivity contribution in [1.29, 1.82) is 0 Å². The molecule has 0 aliphatic heterocycles. The summed E-state index contributed by atoms with van der Waals surface area (Å²) in [5.41, 5.74) is 3.45. The first-order valence-corrected chi connectivity index (χ1v) is 7.26. The normalized spacial score (nSPS) is 14.6. The van der Waals surface area contributed by atoms with Crippen molar-refractivity contribution in [2.24, 2.45) is 0 Å². The molecule has 1 nitrogen and oxygen atoms in total. The van der Waals surface area contributed by atoms with E-state index in [1.807, 2.05) is 12.1 Å². The standard InChI is InChI=1S/C16H15Cl2N/c17-13-4-7-15(16(18)9-13)12-3-1-2-11(8-12)10-19-14-5-6-14/h1-4,7-9,14,19H,5-6,10H2. The highest BCUT2D eigenvalue weighted by atomic mass is 35.5. The molecule has 1 saturated carbocycles. The van der Waals surface area contributed by atoms with Gasteiger partial charge >= 0.3 is 0 Å². The minimum Gasteiger partial charge on any atom is -0.310 e. The van der Waals surface area contributed by atoms with Crippen LogP contribution in [0.5, 0.6) is 0 Å². The molecular formula is C16H15Cl2N. The van der Waals surface area contributed by atoms with Crippen molar-refractivity contribution in [2.45, 2.75) is 25.4 Å². The monoisotopic (exact) mass is 291 g/mol. The van der Waals surface area contributed by atoms with Crippen LogP contribution < -0.4 is 5.32 Å². The zero-order valence-electron chi connectivity index (χ0n) is 10.5. The quantitative estimate of drug-likeness (QED) is 0.844. The SMILES string of the molecule is Clc1ccc(-c2cccc(CNC3CC3)c2)c(Cl)c1. The molecular weight excluding hydrogens is 277 g/mol. The highest BCUT2D eigenvalue weighted by Gasteiger charge is 2.19. The zero-order valence-corrected chi connectivity index (χ0v) is 12.0. The number of hydrogen-bond acceptors (Lipinski definition) is 1. The molecule has 2 aromatic rings. The third kappa shape index (κ3) is 3.30. The van der Waals surface area contributed by atoms with Gasteiger partial charge in [-0.25, -0.2) is 0 Å². The molecule has 1 aliphatic rings. The van der Waals surface area contributed by atoms with E-state index in [-0.39, 0.29) is 0 Å². The molecule has 19 heavy (non-hydrogen) atoms. The topological polar surface area (TPSA) is 12.0 Å². The van der Waals surface area contributed by atoms with Crippen LogP contribution in [0.15, 0.2) is 42.5 Å². The fourth-order valence-electron chi connectivity index (χ4n) is 2.12. The van der Waals surface area contributed by atoms with Gasteiger partial charge in [-0.05, 0) is 42.2 Å². The zero-order chi connectivity index (χ0) is 13.2. The molecule has 1 aliphatic carbocycles. The summed E-state index contributed by atoms with van der Waals surface area (Å²) in [4.78, 5) is 0. The van der Waals surface area contributed by atoms with Crippen LogP contribution in [0.3, 0.4) is 0 Å². The second-order valence-electron chi connectivity index (χ2n) is 4.98. The minimum absolute atomic E-state index is 0.667. The van der Waals surface area contributed by atoms with Crippen LogP contribution in [0, 0.1) is 0 Å². The van der Waals surface area contributed by atoms with Crippen LogP contribution in [0.25, 0.3) is 11.1 Å². The molecule has 3 rings (SSSR count). The van der Waals surface area contributed by atoms with Crippen LogP contribution >= 0.6 is 23.2 Å². The molecule has 1 N–H and O–H groups in total. The third-order valence-corrected chi connectivity index (χ3v) is 3.89. The second kappa shape index (κ2) is 5.54. The number of halogens is 2. The minimum atomic E-state index is 0.667. The summed E-state index contributed by atoms with van der Waals surface area (Å²) in [5.74, 6) is 0. The molecule has 0 heterocycles. The van der Waals surface area contributed by atoms with E-state index in [4.69, 9.17) is 23.2 Å². The molecule has 0 aromatic heterocycles. The van der Waals surface area contributed by atoms with E-state index >= 15 is 0 Å². The predicted molar refractivity (Wildman–Crippen MR) is 81.8 cm³/mol. The van der Waals surface area contributed by atoms with E-state index < -0.39 is 0 Å². The summed E-state index contributed by atoms with van der Waals surface area (Å²) >= 11 is 12.2. The number of benzene rings is 2. The van der Waals surface area contributed by atoms with Crippen LogP contribution in [0.4, 0.5) is 0 Å². The van der Waals surface area contributed by atoms with Crippen molar-refractivity contribution in [2.75, 3.05) is 0 Å². The molecule has 0 saturated heterocycles. The molecule has 0 amide bonds. The average Bonchev–Trinajstić information content (AvgIpc) is 3.21. The lowest BCUT2D eigenvalue weighted by Gasteiger charge is -2.08. The van der Waals surface area contributed by atoms with Gasteiger partial charge in [-0.1, -0.05) is 47.5 Å². The summed E-state index contributed by atoms with van der Waals surface area (Å²) in [7, 11) is 0. The van der Waals surface area contributed by atoms with Crippen LogP contribution in [0.2, 0.25) is 10.0 Å². The molecule has 0 atom stereocenters. The molecule has 1 fully saturated rings. The van der Waals surface area contributed by atoms with Crippen molar-refractivity contribution in [3.63, 3.8) is 0 Å². The van der Waals surface area contributed by atoms with Gasteiger partial charge in [-0.3, -0.25) is 0 Å². The van der Waals surface area contributed by atoms with Gasteiger partial charge in [0.05, 0.1) is 0 Å². The smallest absolute Gasteiger partial charge is 0.0499 e. The summed E-state index contributed by atoms with van der Waals surface area (Å²) in [5, 5.41) is 4.88. The first-order valence-electron chi connectivity index (χ1n) is 6.50. The predicted octanol–water partition coefficient (Wildman–Crippen LogP) is 4.91. The van der Waals surface area contributed by atoms with Crippen molar-refractivity contribution >= 4 is 23.2 Å². The summed E-state index contributed by atoms with van der Waals surface area (Å²) < 4.78 is 0. The first-order chi connectivity index (χ1) is 9.22. The lowest BCUT2D eigenvalue weighted by atomic mass is 10.0. The van der Waals surface area contributed by atoms with Gasteiger partial charge in [-0.2, -0.15) is 0 Å². The number of nitrogens with one attached hydrogen (secondary N) is 1. The van der Waals surface area contributed by atoms with Gasteiger partial charge in [0.15, 0.2) is 0 Å². The number of rotatable bonds is 4. The fraction of sp³-hybridized carbons (Fsp3) is 0.250. The van der Waals surface area contributed by atoms with E-state index in [2.05, 4.69) is 29.6 Å². The molecule has 0 radical (unpaired) electrons. The Balaban J connectivity index is 1.84. The molecule has 0 unspecified atom stereocenters. The molecule has 0 spiro atoms. The maximum atomic E-state index is 6.25. The maximum absolute atomic E-state index is 6.25. The Morgan fingerprint density at radius 3 is 2.63 bits per heavy atom. The van der Waals surface area contributed by atoms with Gasteiger partial charge in [0, 0.05) is 28.2 Å². The highest BCUT2D eigenvalue weighted by Crippen LogP contribution is 2.30. The Hall–Kier alpha value is -1.02. The Labute approximate surface area is 123 Å². The van der Waals surface area contributed by atoms with E-state index in [1.54, 1.807) is 6.07 Å². The van der Waals surface area contributed by atoms with Gasteiger partial charge in [-0.15, -0.1) is 0 Å². The van der Waals surface area contributed by atoms with Gasteiger partial charge in [0.2, 0.25) is 0 Å². The third-order valence-electron chi connectivity index (χ3n) is 3.34. The van der Waals surface area contributed by atoms with Crippen LogP contribution in [-0.2, 0) is 6.54 Å². The number of hydrogen-bond donors (Lipinski definition) is 1. The average molecular weight is 292 g/mol. The van der Waals surface area contributed by atoms with E-state index in [9.17, 15) is 0 Å². The van der Waals surface area contributed by atoms with Crippen molar-refractivity contribution in [1.82, 2.24) is 5.32 Å². The maximum Gasteiger partial charge on any atom is 0.0499 e.